The molecule has 0 N–H and O–H groups in total. The van der Waals surface area contributed by atoms with Crippen LogP contribution in [0.4, 0.5) is 0 Å². The van der Waals surface area contributed by atoms with Gasteiger partial charge >= 0.3 is 0 Å². The average Bonchev–Trinajstić information content (AvgIpc) is 3.11. The molecule has 0 aliphatic rings. The van der Waals surface area contributed by atoms with Gasteiger partial charge in [0.05, 0.1) is 19.1 Å². The molecule has 0 saturated carbocycles. The molecule has 3 rings (SSSR count). The summed E-state index contributed by atoms with van der Waals surface area (Å²) in [5.41, 5.74) is 2.29. The van der Waals surface area contributed by atoms with Crippen molar-refractivity contribution in [2.45, 2.75) is 19.4 Å². The predicted octanol–water partition coefficient (Wildman–Crippen LogP) is 4.00. The first kappa shape index (κ1) is 17.5. The van der Waals surface area contributed by atoms with Crippen LogP contribution in [0.1, 0.15) is 34.6 Å². The SMILES string of the molecule is COc1ccc(C(=O)Cc2onc(-c3ccncc3)c2C(C)N=O)cc1. The van der Waals surface area contributed by atoms with E-state index in [1.54, 1.807) is 62.8 Å². The molecule has 0 saturated heterocycles. The predicted molar refractivity (Wildman–Crippen MR) is 95.0 cm³/mol. The maximum Gasteiger partial charge on any atom is 0.170 e. The third-order valence-electron chi connectivity index (χ3n) is 4.07. The number of ether oxygens (including phenoxy) is 1. The number of aromatic nitrogens is 2. The number of hydrogen-bond acceptors (Lipinski definition) is 7. The smallest absolute Gasteiger partial charge is 0.170 e. The summed E-state index contributed by atoms with van der Waals surface area (Å²) in [6.07, 6.45) is 3.23. The van der Waals surface area contributed by atoms with Gasteiger partial charge in [-0.05, 0) is 43.3 Å². The van der Waals surface area contributed by atoms with E-state index in [1.165, 1.54) is 0 Å². The normalized spacial score (nSPS) is 11.8. The maximum absolute atomic E-state index is 12.6. The number of rotatable bonds is 7. The molecule has 0 aliphatic carbocycles. The quantitative estimate of drug-likeness (QED) is 0.472. The Morgan fingerprint density at radius 2 is 1.88 bits per heavy atom. The zero-order chi connectivity index (χ0) is 18.5. The van der Waals surface area contributed by atoms with Crippen LogP contribution in [0, 0.1) is 4.91 Å². The van der Waals surface area contributed by atoms with Crippen molar-refractivity contribution in [3.8, 4) is 17.0 Å². The first-order valence-corrected chi connectivity index (χ1v) is 8.02. The standard InChI is InChI=1S/C19H17N3O4/c1-12(21-24)18-17(26-22-19(18)14-7-9-20-10-8-14)11-16(23)13-3-5-15(25-2)6-4-13/h3-10,12H,11H2,1-2H3. The third-order valence-corrected chi connectivity index (χ3v) is 4.07. The minimum atomic E-state index is -0.692. The number of ketones is 1. The van der Waals surface area contributed by atoms with Crippen molar-refractivity contribution < 1.29 is 14.1 Å². The Hall–Kier alpha value is -3.35. The van der Waals surface area contributed by atoms with Crippen LogP contribution in [-0.2, 0) is 6.42 Å². The minimum Gasteiger partial charge on any atom is -0.497 e. The van der Waals surface area contributed by atoms with Crippen LogP contribution < -0.4 is 4.74 Å². The third kappa shape index (κ3) is 3.51. The summed E-state index contributed by atoms with van der Waals surface area (Å²) in [7, 11) is 1.56. The van der Waals surface area contributed by atoms with Gasteiger partial charge in [0.25, 0.3) is 0 Å². The summed E-state index contributed by atoms with van der Waals surface area (Å²) in [4.78, 5) is 27.7. The molecule has 2 heterocycles. The van der Waals surface area contributed by atoms with Gasteiger partial charge in [0.1, 0.15) is 17.5 Å². The number of pyridine rings is 1. The van der Waals surface area contributed by atoms with Gasteiger partial charge in [0.2, 0.25) is 0 Å². The van der Waals surface area contributed by atoms with E-state index < -0.39 is 6.04 Å². The summed E-state index contributed by atoms with van der Waals surface area (Å²) < 4.78 is 10.5. The van der Waals surface area contributed by atoms with Gasteiger partial charge in [-0.15, -0.1) is 0 Å². The van der Waals surface area contributed by atoms with Crippen LogP contribution in [0.25, 0.3) is 11.3 Å². The number of carbonyl (C=O) groups is 1. The molecule has 0 bridgehead atoms. The Morgan fingerprint density at radius 1 is 1.19 bits per heavy atom. The topological polar surface area (TPSA) is 94.7 Å². The highest BCUT2D eigenvalue weighted by atomic mass is 16.5. The highest BCUT2D eigenvalue weighted by Gasteiger charge is 2.25. The number of nitrogens with zero attached hydrogens (tertiary/aromatic N) is 3. The van der Waals surface area contributed by atoms with E-state index >= 15 is 0 Å². The Morgan fingerprint density at radius 3 is 2.50 bits per heavy atom. The molecule has 0 spiro atoms. The summed E-state index contributed by atoms with van der Waals surface area (Å²) in [6.45, 7) is 1.64. The lowest BCUT2D eigenvalue weighted by atomic mass is 9.98. The van der Waals surface area contributed by atoms with E-state index in [1.807, 2.05) is 0 Å². The monoisotopic (exact) mass is 351 g/mol. The number of hydrogen-bond donors (Lipinski definition) is 0. The molecule has 0 radical (unpaired) electrons. The molecule has 0 aliphatic heterocycles. The fourth-order valence-corrected chi connectivity index (χ4v) is 2.68. The molecular formula is C19H17N3O4. The molecule has 1 aromatic carbocycles. The molecule has 0 amide bonds. The fraction of sp³-hybridized carbons (Fsp3) is 0.211. The van der Waals surface area contributed by atoms with Gasteiger partial charge in [0, 0.05) is 23.5 Å². The molecule has 0 fully saturated rings. The van der Waals surface area contributed by atoms with Gasteiger partial charge in [-0.25, -0.2) is 0 Å². The Balaban J connectivity index is 1.93. The highest BCUT2D eigenvalue weighted by Crippen LogP contribution is 2.32. The van der Waals surface area contributed by atoms with Crippen LogP contribution in [0.2, 0.25) is 0 Å². The van der Waals surface area contributed by atoms with E-state index in [2.05, 4.69) is 15.3 Å². The summed E-state index contributed by atoms with van der Waals surface area (Å²) in [6, 6.07) is 9.62. The van der Waals surface area contributed by atoms with Gasteiger partial charge in [-0.3, -0.25) is 9.78 Å². The van der Waals surface area contributed by atoms with Crippen molar-refractivity contribution >= 4 is 5.78 Å². The number of nitroso groups, excluding NO2 is 1. The first-order valence-electron chi connectivity index (χ1n) is 8.02. The number of benzene rings is 1. The van der Waals surface area contributed by atoms with Gasteiger partial charge < -0.3 is 9.26 Å². The molecule has 7 nitrogen and oxygen atoms in total. The average molecular weight is 351 g/mol. The lowest BCUT2D eigenvalue weighted by molar-refractivity contribution is 0.0984. The molecule has 7 heteroatoms. The maximum atomic E-state index is 12.6. The molecule has 1 unspecified atom stereocenters. The zero-order valence-corrected chi connectivity index (χ0v) is 14.4. The second-order valence-corrected chi connectivity index (χ2v) is 5.71. The molecule has 132 valence electrons. The Labute approximate surface area is 150 Å². The number of Topliss-reactive ketones (excluding diaryl/α,β-unsaturated/α-hetero) is 1. The fourth-order valence-electron chi connectivity index (χ4n) is 2.68. The lowest BCUT2D eigenvalue weighted by Crippen LogP contribution is -2.06. The first-order chi connectivity index (χ1) is 12.6. The number of methoxy groups -OCH3 is 1. The Bertz CT molecular complexity index is 904. The van der Waals surface area contributed by atoms with Crippen molar-refractivity contribution in [3.63, 3.8) is 0 Å². The van der Waals surface area contributed by atoms with Gasteiger partial charge in [-0.1, -0.05) is 10.3 Å². The highest BCUT2D eigenvalue weighted by molar-refractivity contribution is 5.97. The molecule has 2 aromatic heterocycles. The van der Waals surface area contributed by atoms with Crippen molar-refractivity contribution in [2.24, 2.45) is 5.18 Å². The largest absolute Gasteiger partial charge is 0.497 e. The van der Waals surface area contributed by atoms with Crippen molar-refractivity contribution in [1.82, 2.24) is 10.1 Å². The van der Waals surface area contributed by atoms with E-state index in [0.717, 1.165) is 5.56 Å². The van der Waals surface area contributed by atoms with E-state index in [9.17, 15) is 9.70 Å². The van der Waals surface area contributed by atoms with Crippen LogP contribution in [0.15, 0.2) is 58.5 Å². The van der Waals surface area contributed by atoms with Crippen molar-refractivity contribution in [1.29, 1.82) is 0 Å². The Kier molecular flexibility index (Phi) is 5.17. The van der Waals surface area contributed by atoms with Crippen LogP contribution in [0.5, 0.6) is 5.75 Å². The van der Waals surface area contributed by atoms with Crippen LogP contribution in [-0.4, -0.2) is 23.0 Å². The van der Waals surface area contributed by atoms with Crippen LogP contribution in [0.3, 0.4) is 0 Å². The second kappa shape index (κ2) is 7.69. The summed E-state index contributed by atoms with van der Waals surface area (Å²) in [5.74, 6) is 0.856. The van der Waals surface area contributed by atoms with Crippen molar-refractivity contribution in [3.05, 3.63) is 70.6 Å². The number of carbonyl (C=O) groups excluding carboxylic acids is 1. The molecule has 26 heavy (non-hydrogen) atoms. The van der Waals surface area contributed by atoms with Crippen LogP contribution >= 0.6 is 0 Å². The molecule has 3 aromatic rings. The summed E-state index contributed by atoms with van der Waals surface area (Å²) in [5, 5.41) is 7.14. The van der Waals surface area contributed by atoms with E-state index in [-0.39, 0.29) is 12.2 Å². The minimum absolute atomic E-state index is 0.0143. The summed E-state index contributed by atoms with van der Waals surface area (Å²) >= 11 is 0. The van der Waals surface area contributed by atoms with Gasteiger partial charge in [-0.2, -0.15) is 4.91 Å². The van der Waals surface area contributed by atoms with E-state index in [0.29, 0.717) is 28.3 Å². The van der Waals surface area contributed by atoms with Gasteiger partial charge in [0.15, 0.2) is 11.5 Å². The van der Waals surface area contributed by atoms with Crippen molar-refractivity contribution in [2.75, 3.05) is 7.11 Å². The molecule has 1 atom stereocenters. The molecular weight excluding hydrogens is 334 g/mol. The lowest BCUT2D eigenvalue weighted by Gasteiger charge is -2.06. The second-order valence-electron chi connectivity index (χ2n) is 5.71. The van der Waals surface area contributed by atoms with E-state index in [4.69, 9.17) is 9.26 Å². The zero-order valence-electron chi connectivity index (χ0n) is 14.4.